The zero-order chi connectivity index (χ0) is 14.1. The van der Waals surface area contributed by atoms with Gasteiger partial charge in [-0.1, -0.05) is 26.0 Å². The first-order chi connectivity index (χ1) is 9.19. The Morgan fingerprint density at radius 3 is 3.16 bits per heavy atom. The molecule has 104 valence electrons. The molecule has 1 unspecified atom stereocenters. The lowest BCUT2D eigenvalue weighted by Gasteiger charge is -2.12. The molecular formula is C14H20N2O3. The molecule has 1 aromatic heterocycles. The van der Waals surface area contributed by atoms with Gasteiger partial charge in [0.25, 0.3) is 5.91 Å². The van der Waals surface area contributed by atoms with Crippen LogP contribution < -0.4 is 10.1 Å². The highest BCUT2D eigenvalue weighted by Crippen LogP contribution is 2.15. The summed E-state index contributed by atoms with van der Waals surface area (Å²) < 4.78 is 5.36. The second-order valence-corrected chi connectivity index (χ2v) is 4.10. The number of pyridine rings is 1. The number of rotatable bonds is 8. The summed E-state index contributed by atoms with van der Waals surface area (Å²) in [5.74, 6) is 0.0553. The Morgan fingerprint density at radius 2 is 2.47 bits per heavy atom. The van der Waals surface area contributed by atoms with Crippen LogP contribution in [0.5, 0.6) is 5.75 Å². The molecule has 1 rings (SSSR count). The molecule has 0 radical (unpaired) electrons. The van der Waals surface area contributed by atoms with Crippen LogP contribution in [0.1, 0.15) is 30.3 Å². The minimum Gasteiger partial charge on any atom is -0.487 e. The van der Waals surface area contributed by atoms with Gasteiger partial charge >= 0.3 is 0 Å². The van der Waals surface area contributed by atoms with Crippen LogP contribution in [0.4, 0.5) is 0 Å². The summed E-state index contributed by atoms with van der Waals surface area (Å²) >= 11 is 0. The predicted molar refractivity (Wildman–Crippen MR) is 73.2 cm³/mol. The second kappa shape index (κ2) is 8.26. The quantitative estimate of drug-likeness (QED) is 0.699. The maximum absolute atomic E-state index is 11.9. The molecule has 5 heteroatoms. The van der Waals surface area contributed by atoms with Crippen molar-refractivity contribution in [2.75, 3.05) is 13.2 Å². The van der Waals surface area contributed by atoms with Crippen LogP contribution >= 0.6 is 0 Å². The van der Waals surface area contributed by atoms with Gasteiger partial charge in [0.05, 0.1) is 6.10 Å². The molecule has 0 spiro atoms. The molecule has 5 nitrogen and oxygen atoms in total. The third-order valence-corrected chi connectivity index (χ3v) is 2.46. The van der Waals surface area contributed by atoms with E-state index in [2.05, 4.69) is 16.9 Å². The van der Waals surface area contributed by atoms with Gasteiger partial charge in [0.15, 0.2) is 11.4 Å². The highest BCUT2D eigenvalue weighted by Gasteiger charge is 2.14. The largest absolute Gasteiger partial charge is 0.487 e. The number of aliphatic hydroxyl groups is 1. The Bertz CT molecular complexity index is 421. The minimum atomic E-state index is -0.532. The zero-order valence-electron chi connectivity index (χ0n) is 11.1. The topological polar surface area (TPSA) is 71.5 Å². The number of nitrogens with zero attached hydrogens (tertiary/aromatic N) is 1. The van der Waals surface area contributed by atoms with Crippen molar-refractivity contribution in [1.82, 2.24) is 10.3 Å². The predicted octanol–water partition coefficient (Wildman–Crippen LogP) is 1.54. The molecule has 0 saturated heterocycles. The SMILES string of the molecule is C=CCOc1cccnc1C(=O)NCC(O)CCC. The fourth-order valence-corrected chi connectivity index (χ4v) is 1.56. The second-order valence-electron chi connectivity index (χ2n) is 4.10. The van der Waals surface area contributed by atoms with Crippen molar-refractivity contribution in [3.05, 3.63) is 36.7 Å². The molecule has 0 aliphatic rings. The van der Waals surface area contributed by atoms with Crippen LogP contribution in [0.3, 0.4) is 0 Å². The van der Waals surface area contributed by atoms with E-state index in [-0.39, 0.29) is 18.1 Å². The average molecular weight is 264 g/mol. The fourth-order valence-electron chi connectivity index (χ4n) is 1.56. The summed E-state index contributed by atoms with van der Waals surface area (Å²) in [6, 6.07) is 3.37. The molecule has 0 aliphatic heterocycles. The van der Waals surface area contributed by atoms with E-state index >= 15 is 0 Å². The molecule has 1 aromatic rings. The van der Waals surface area contributed by atoms with Gasteiger partial charge in [0.1, 0.15) is 6.61 Å². The summed E-state index contributed by atoms with van der Waals surface area (Å²) in [6.07, 6.45) is 4.12. The van der Waals surface area contributed by atoms with Crippen molar-refractivity contribution < 1.29 is 14.6 Å². The van der Waals surface area contributed by atoms with Crippen LogP contribution in [0.15, 0.2) is 31.0 Å². The molecule has 1 atom stereocenters. The first kappa shape index (κ1) is 15.2. The highest BCUT2D eigenvalue weighted by atomic mass is 16.5. The molecule has 19 heavy (non-hydrogen) atoms. The van der Waals surface area contributed by atoms with Gasteiger partial charge in [-0.2, -0.15) is 0 Å². The van der Waals surface area contributed by atoms with E-state index in [1.54, 1.807) is 18.2 Å². The van der Waals surface area contributed by atoms with Crippen molar-refractivity contribution in [2.24, 2.45) is 0 Å². The first-order valence-electron chi connectivity index (χ1n) is 6.34. The summed E-state index contributed by atoms with van der Waals surface area (Å²) in [5.41, 5.74) is 0.216. The lowest BCUT2D eigenvalue weighted by atomic mass is 10.2. The zero-order valence-corrected chi connectivity index (χ0v) is 11.1. The van der Waals surface area contributed by atoms with Crippen molar-refractivity contribution in [3.8, 4) is 5.75 Å². The van der Waals surface area contributed by atoms with Crippen LogP contribution in [0.25, 0.3) is 0 Å². The lowest BCUT2D eigenvalue weighted by Crippen LogP contribution is -2.32. The number of hydrogen-bond donors (Lipinski definition) is 2. The molecule has 1 amide bonds. The number of nitrogens with one attached hydrogen (secondary N) is 1. The highest BCUT2D eigenvalue weighted by molar-refractivity contribution is 5.94. The Kier molecular flexibility index (Phi) is 6.60. The fraction of sp³-hybridized carbons (Fsp3) is 0.429. The van der Waals surface area contributed by atoms with Gasteiger partial charge in [-0.25, -0.2) is 4.98 Å². The molecule has 0 aliphatic carbocycles. The van der Waals surface area contributed by atoms with Gasteiger partial charge < -0.3 is 15.2 Å². The maximum atomic E-state index is 11.9. The van der Waals surface area contributed by atoms with E-state index in [4.69, 9.17) is 4.74 Å². The standard InChI is InChI=1S/C14H20N2O3/c1-3-6-11(17)10-16-14(18)13-12(19-9-4-2)7-5-8-15-13/h4-5,7-8,11,17H,2-3,6,9-10H2,1H3,(H,16,18). The number of carbonyl (C=O) groups is 1. The monoisotopic (exact) mass is 264 g/mol. The summed E-state index contributed by atoms with van der Waals surface area (Å²) in [7, 11) is 0. The lowest BCUT2D eigenvalue weighted by molar-refractivity contribution is 0.0901. The van der Waals surface area contributed by atoms with Crippen molar-refractivity contribution in [2.45, 2.75) is 25.9 Å². The molecular weight excluding hydrogens is 244 g/mol. The Morgan fingerprint density at radius 1 is 1.68 bits per heavy atom. The third kappa shape index (κ3) is 5.09. The third-order valence-electron chi connectivity index (χ3n) is 2.46. The Hall–Kier alpha value is -1.88. The van der Waals surface area contributed by atoms with Crippen LogP contribution in [0.2, 0.25) is 0 Å². The van der Waals surface area contributed by atoms with Gasteiger partial charge in [0.2, 0.25) is 0 Å². The number of hydrogen-bond acceptors (Lipinski definition) is 4. The van der Waals surface area contributed by atoms with Gasteiger partial charge in [-0.05, 0) is 18.6 Å². The van der Waals surface area contributed by atoms with Crippen LogP contribution in [0, 0.1) is 0 Å². The van der Waals surface area contributed by atoms with Gasteiger partial charge in [0, 0.05) is 12.7 Å². The number of ether oxygens (including phenoxy) is 1. The Balaban J connectivity index is 2.62. The van der Waals surface area contributed by atoms with E-state index in [9.17, 15) is 9.90 Å². The summed E-state index contributed by atoms with van der Waals surface area (Å²) in [4.78, 5) is 15.9. The summed E-state index contributed by atoms with van der Waals surface area (Å²) in [5, 5.41) is 12.2. The maximum Gasteiger partial charge on any atom is 0.273 e. The van der Waals surface area contributed by atoms with E-state index in [0.717, 1.165) is 6.42 Å². The number of amides is 1. The number of aromatic nitrogens is 1. The van der Waals surface area contributed by atoms with Crippen molar-refractivity contribution >= 4 is 5.91 Å². The molecule has 0 bridgehead atoms. The molecule has 0 aromatic carbocycles. The van der Waals surface area contributed by atoms with E-state index in [1.807, 2.05) is 6.92 Å². The molecule has 2 N–H and O–H groups in total. The van der Waals surface area contributed by atoms with Gasteiger partial charge in [-0.3, -0.25) is 4.79 Å². The van der Waals surface area contributed by atoms with Gasteiger partial charge in [-0.15, -0.1) is 0 Å². The van der Waals surface area contributed by atoms with Crippen molar-refractivity contribution in [1.29, 1.82) is 0 Å². The van der Waals surface area contributed by atoms with Crippen LogP contribution in [-0.4, -0.2) is 35.3 Å². The smallest absolute Gasteiger partial charge is 0.273 e. The minimum absolute atomic E-state index is 0.212. The van der Waals surface area contributed by atoms with E-state index < -0.39 is 6.10 Å². The molecule has 1 heterocycles. The molecule has 0 fully saturated rings. The van der Waals surface area contributed by atoms with E-state index in [1.165, 1.54) is 6.20 Å². The van der Waals surface area contributed by atoms with Crippen LogP contribution in [-0.2, 0) is 0 Å². The molecule has 0 saturated carbocycles. The average Bonchev–Trinajstić information content (AvgIpc) is 2.43. The number of carbonyl (C=O) groups excluding carboxylic acids is 1. The first-order valence-corrected chi connectivity index (χ1v) is 6.34. The normalized spacial score (nSPS) is 11.7. The Labute approximate surface area is 113 Å². The number of aliphatic hydroxyl groups excluding tert-OH is 1. The van der Waals surface area contributed by atoms with E-state index in [0.29, 0.717) is 18.8 Å². The summed E-state index contributed by atoms with van der Waals surface area (Å²) in [6.45, 7) is 6.05. The van der Waals surface area contributed by atoms with Crippen molar-refractivity contribution in [3.63, 3.8) is 0 Å².